The Balaban J connectivity index is 1.97. The highest BCUT2D eigenvalue weighted by Gasteiger charge is 2.36. The summed E-state index contributed by atoms with van der Waals surface area (Å²) < 4.78 is 0. The van der Waals surface area contributed by atoms with Gasteiger partial charge in [0.2, 0.25) is 5.91 Å². The van der Waals surface area contributed by atoms with Gasteiger partial charge in [-0.3, -0.25) is 14.5 Å². The number of aliphatic carboxylic acids is 1. The number of hydrogen-bond acceptors (Lipinski definition) is 3. The van der Waals surface area contributed by atoms with Gasteiger partial charge in [0.25, 0.3) is 0 Å². The molecule has 0 aliphatic carbocycles. The van der Waals surface area contributed by atoms with Crippen LogP contribution in [0.3, 0.4) is 0 Å². The van der Waals surface area contributed by atoms with Crippen LogP contribution in [-0.2, 0) is 9.59 Å². The van der Waals surface area contributed by atoms with E-state index in [4.69, 9.17) is 0 Å². The fourth-order valence-corrected chi connectivity index (χ4v) is 2.97. The first-order valence-electron chi connectivity index (χ1n) is 6.34. The Morgan fingerprint density at radius 2 is 2.29 bits per heavy atom. The first kappa shape index (κ1) is 12.4. The quantitative estimate of drug-likeness (QED) is 0.751. The third kappa shape index (κ3) is 2.77. The van der Waals surface area contributed by atoms with E-state index in [-0.39, 0.29) is 23.9 Å². The highest BCUT2D eigenvalue weighted by Crippen LogP contribution is 2.24. The second-order valence-electron chi connectivity index (χ2n) is 5.20. The summed E-state index contributed by atoms with van der Waals surface area (Å²) in [4.78, 5) is 24.4. The molecule has 17 heavy (non-hydrogen) atoms. The molecular weight excluding hydrogens is 220 g/mol. The largest absolute Gasteiger partial charge is 0.480 e. The third-order valence-electron chi connectivity index (χ3n) is 3.83. The molecule has 0 aromatic carbocycles. The first-order chi connectivity index (χ1) is 8.08. The minimum absolute atomic E-state index is 0.0898. The average Bonchev–Trinajstić information content (AvgIpc) is 2.63. The molecule has 0 spiro atoms. The molecule has 0 saturated carbocycles. The Hall–Kier alpha value is -1.10. The maximum atomic E-state index is 11.3. The highest BCUT2D eigenvalue weighted by atomic mass is 16.4. The van der Waals surface area contributed by atoms with Gasteiger partial charge in [-0.05, 0) is 31.7 Å². The van der Waals surface area contributed by atoms with Gasteiger partial charge in [-0.2, -0.15) is 0 Å². The van der Waals surface area contributed by atoms with E-state index in [0.29, 0.717) is 13.0 Å². The summed E-state index contributed by atoms with van der Waals surface area (Å²) in [5.41, 5.74) is 0. The molecule has 0 bridgehead atoms. The Morgan fingerprint density at radius 3 is 2.88 bits per heavy atom. The second kappa shape index (κ2) is 5.04. The standard InChI is InChI=1S/C12H20N2O3/c1-8-3-2-6-14(11(8)12(16)17)7-9-4-5-10(15)13-9/h8-9,11H,2-7H2,1H3,(H,13,15)(H,16,17). The minimum atomic E-state index is -0.735. The maximum absolute atomic E-state index is 11.3. The van der Waals surface area contributed by atoms with Gasteiger partial charge in [0.15, 0.2) is 0 Å². The van der Waals surface area contributed by atoms with Crippen LogP contribution in [0, 0.1) is 5.92 Å². The number of rotatable bonds is 3. The van der Waals surface area contributed by atoms with E-state index in [1.54, 1.807) is 0 Å². The number of carbonyl (C=O) groups is 2. The van der Waals surface area contributed by atoms with Gasteiger partial charge < -0.3 is 10.4 Å². The molecule has 0 aromatic heterocycles. The molecule has 2 fully saturated rings. The summed E-state index contributed by atoms with van der Waals surface area (Å²) in [5.74, 6) is -0.452. The number of carbonyl (C=O) groups excluding carboxylic acids is 1. The summed E-state index contributed by atoms with van der Waals surface area (Å²) in [5, 5.41) is 12.2. The Labute approximate surface area is 101 Å². The van der Waals surface area contributed by atoms with Crippen molar-refractivity contribution in [1.82, 2.24) is 10.2 Å². The van der Waals surface area contributed by atoms with Crippen molar-refractivity contribution >= 4 is 11.9 Å². The summed E-state index contributed by atoms with van der Waals surface area (Å²) in [6.07, 6.45) is 3.43. The molecule has 96 valence electrons. The van der Waals surface area contributed by atoms with E-state index in [1.807, 2.05) is 11.8 Å². The molecule has 3 unspecified atom stereocenters. The van der Waals surface area contributed by atoms with Crippen LogP contribution in [0.25, 0.3) is 0 Å². The van der Waals surface area contributed by atoms with E-state index in [9.17, 15) is 14.7 Å². The molecule has 5 heteroatoms. The Kier molecular flexibility index (Phi) is 3.66. The van der Waals surface area contributed by atoms with Crippen LogP contribution in [0.5, 0.6) is 0 Å². The highest BCUT2D eigenvalue weighted by molar-refractivity contribution is 5.78. The van der Waals surface area contributed by atoms with Crippen molar-refractivity contribution in [2.45, 2.75) is 44.7 Å². The molecule has 2 N–H and O–H groups in total. The lowest BCUT2D eigenvalue weighted by Gasteiger charge is -2.38. The van der Waals surface area contributed by atoms with Gasteiger partial charge in [-0.1, -0.05) is 6.92 Å². The van der Waals surface area contributed by atoms with Crippen molar-refractivity contribution in [3.05, 3.63) is 0 Å². The van der Waals surface area contributed by atoms with Crippen molar-refractivity contribution in [2.24, 2.45) is 5.92 Å². The monoisotopic (exact) mass is 240 g/mol. The molecule has 2 heterocycles. The third-order valence-corrected chi connectivity index (χ3v) is 3.83. The van der Waals surface area contributed by atoms with Crippen LogP contribution < -0.4 is 5.32 Å². The fourth-order valence-electron chi connectivity index (χ4n) is 2.97. The normalized spacial score (nSPS) is 34.6. The number of carboxylic acids is 1. The zero-order chi connectivity index (χ0) is 12.4. The molecular formula is C12H20N2O3. The van der Waals surface area contributed by atoms with Gasteiger partial charge >= 0.3 is 5.97 Å². The molecule has 2 aliphatic heterocycles. The number of carboxylic acid groups (broad SMARTS) is 1. The molecule has 2 saturated heterocycles. The molecule has 2 rings (SSSR count). The van der Waals surface area contributed by atoms with Crippen molar-refractivity contribution in [3.63, 3.8) is 0 Å². The van der Waals surface area contributed by atoms with Crippen molar-refractivity contribution in [1.29, 1.82) is 0 Å². The fraction of sp³-hybridized carbons (Fsp3) is 0.833. The molecule has 2 aliphatic rings. The van der Waals surface area contributed by atoms with Crippen LogP contribution in [-0.4, -0.2) is 47.1 Å². The smallest absolute Gasteiger partial charge is 0.321 e. The average molecular weight is 240 g/mol. The molecule has 5 nitrogen and oxygen atoms in total. The number of nitrogens with zero attached hydrogens (tertiary/aromatic N) is 1. The van der Waals surface area contributed by atoms with Gasteiger partial charge in [0, 0.05) is 19.0 Å². The number of amides is 1. The van der Waals surface area contributed by atoms with E-state index in [0.717, 1.165) is 25.8 Å². The lowest BCUT2D eigenvalue weighted by atomic mass is 9.90. The number of nitrogens with one attached hydrogen (secondary N) is 1. The van der Waals surface area contributed by atoms with Crippen LogP contribution >= 0.6 is 0 Å². The topological polar surface area (TPSA) is 69.6 Å². The van der Waals surface area contributed by atoms with Crippen LogP contribution in [0.2, 0.25) is 0 Å². The number of likely N-dealkylation sites (tertiary alicyclic amines) is 1. The van der Waals surface area contributed by atoms with E-state index >= 15 is 0 Å². The van der Waals surface area contributed by atoms with Gasteiger partial charge in [0.1, 0.15) is 6.04 Å². The molecule has 0 aromatic rings. The molecule has 1 amide bonds. The zero-order valence-corrected chi connectivity index (χ0v) is 10.2. The summed E-state index contributed by atoms with van der Waals surface area (Å²) in [7, 11) is 0. The number of hydrogen-bond donors (Lipinski definition) is 2. The predicted octanol–water partition coefficient (Wildman–Crippen LogP) is 0.450. The van der Waals surface area contributed by atoms with Crippen molar-refractivity contribution in [2.75, 3.05) is 13.1 Å². The summed E-state index contributed by atoms with van der Waals surface area (Å²) >= 11 is 0. The Bertz CT molecular complexity index is 319. The SMILES string of the molecule is CC1CCCN(CC2CCC(=O)N2)C1C(=O)O. The number of piperidine rings is 1. The van der Waals surface area contributed by atoms with Gasteiger partial charge in [-0.15, -0.1) is 0 Å². The van der Waals surface area contributed by atoms with Crippen LogP contribution in [0.4, 0.5) is 0 Å². The van der Waals surface area contributed by atoms with Crippen LogP contribution in [0.15, 0.2) is 0 Å². The summed E-state index contributed by atoms with van der Waals surface area (Å²) in [6.45, 7) is 3.50. The van der Waals surface area contributed by atoms with Crippen LogP contribution in [0.1, 0.15) is 32.6 Å². The minimum Gasteiger partial charge on any atom is -0.480 e. The predicted molar refractivity (Wildman–Crippen MR) is 62.6 cm³/mol. The zero-order valence-electron chi connectivity index (χ0n) is 10.2. The first-order valence-corrected chi connectivity index (χ1v) is 6.34. The van der Waals surface area contributed by atoms with Crippen molar-refractivity contribution < 1.29 is 14.7 Å². The van der Waals surface area contributed by atoms with E-state index in [2.05, 4.69) is 5.32 Å². The lowest BCUT2D eigenvalue weighted by Crippen LogP contribution is -2.52. The maximum Gasteiger partial charge on any atom is 0.321 e. The van der Waals surface area contributed by atoms with Gasteiger partial charge in [0.05, 0.1) is 0 Å². The van der Waals surface area contributed by atoms with Crippen molar-refractivity contribution in [3.8, 4) is 0 Å². The summed E-state index contributed by atoms with van der Waals surface area (Å²) in [6, 6.07) is -0.254. The van der Waals surface area contributed by atoms with Gasteiger partial charge in [-0.25, -0.2) is 0 Å². The second-order valence-corrected chi connectivity index (χ2v) is 5.20. The Morgan fingerprint density at radius 1 is 1.53 bits per heavy atom. The van der Waals surface area contributed by atoms with E-state index in [1.165, 1.54) is 0 Å². The molecule has 3 atom stereocenters. The lowest BCUT2D eigenvalue weighted by molar-refractivity contribution is -0.147. The van der Waals surface area contributed by atoms with E-state index < -0.39 is 5.97 Å². The molecule has 0 radical (unpaired) electrons.